The molecule has 0 unspecified atom stereocenters. The van der Waals surface area contributed by atoms with Gasteiger partial charge in [0, 0.05) is 44.5 Å². The maximum atomic E-state index is 11.2. The number of primary amides is 1. The third-order valence-corrected chi connectivity index (χ3v) is 4.54. The fourth-order valence-electron chi connectivity index (χ4n) is 3.05. The summed E-state index contributed by atoms with van der Waals surface area (Å²) in [7, 11) is 0. The van der Waals surface area contributed by atoms with E-state index < -0.39 is 5.91 Å². The summed E-state index contributed by atoms with van der Waals surface area (Å²) in [6.45, 7) is 7.05. The number of guanidine groups is 1. The Morgan fingerprint density at radius 2 is 1.89 bits per heavy atom. The molecule has 1 amide bonds. The zero-order valence-corrected chi connectivity index (χ0v) is 15.6. The molecule has 142 valence electrons. The molecule has 3 rings (SSSR count). The number of benzene rings is 1. The lowest BCUT2D eigenvalue weighted by molar-refractivity contribution is 0.100. The Bertz CT molecular complexity index is 767. The van der Waals surface area contributed by atoms with E-state index in [1.165, 1.54) is 0 Å². The van der Waals surface area contributed by atoms with Gasteiger partial charge in [-0.15, -0.1) is 0 Å². The van der Waals surface area contributed by atoms with Crippen molar-refractivity contribution in [1.82, 2.24) is 15.2 Å². The lowest BCUT2D eigenvalue weighted by Gasteiger charge is -2.37. The standard InChI is InChI=1S/C20H26N6O/c1-2-22-20(24-15-16-6-8-17(9-7-16)19(21)27)26-13-11-25(12-14-26)18-5-3-4-10-23-18/h3-10H,2,11-15H2,1H3,(H2,21,27)(H,22,24). The van der Waals surface area contributed by atoms with E-state index in [-0.39, 0.29) is 0 Å². The van der Waals surface area contributed by atoms with Gasteiger partial charge in [0.1, 0.15) is 5.82 Å². The quantitative estimate of drug-likeness (QED) is 0.618. The van der Waals surface area contributed by atoms with Crippen LogP contribution in [-0.2, 0) is 6.54 Å². The lowest BCUT2D eigenvalue weighted by atomic mass is 10.1. The third kappa shape index (κ3) is 4.97. The van der Waals surface area contributed by atoms with E-state index in [2.05, 4.69) is 27.0 Å². The van der Waals surface area contributed by atoms with E-state index in [0.717, 1.165) is 50.1 Å². The van der Waals surface area contributed by atoms with Gasteiger partial charge in [-0.1, -0.05) is 18.2 Å². The van der Waals surface area contributed by atoms with Crippen LogP contribution in [0.2, 0.25) is 0 Å². The molecular formula is C20H26N6O. The molecule has 7 nitrogen and oxygen atoms in total. The molecule has 0 atom stereocenters. The van der Waals surface area contributed by atoms with Crippen LogP contribution in [0.1, 0.15) is 22.8 Å². The first kappa shape index (κ1) is 18.7. The molecule has 0 bridgehead atoms. The Labute approximate surface area is 159 Å². The molecule has 1 aliphatic rings. The Morgan fingerprint density at radius 3 is 2.48 bits per heavy atom. The second kappa shape index (κ2) is 9.02. The van der Waals surface area contributed by atoms with Crippen molar-refractivity contribution in [2.45, 2.75) is 13.5 Å². The second-order valence-electron chi connectivity index (χ2n) is 6.39. The summed E-state index contributed by atoms with van der Waals surface area (Å²) >= 11 is 0. The van der Waals surface area contributed by atoms with Gasteiger partial charge in [-0.3, -0.25) is 4.79 Å². The highest BCUT2D eigenvalue weighted by Crippen LogP contribution is 2.13. The van der Waals surface area contributed by atoms with E-state index in [9.17, 15) is 4.79 Å². The van der Waals surface area contributed by atoms with Crippen molar-refractivity contribution < 1.29 is 4.79 Å². The number of hydrogen-bond acceptors (Lipinski definition) is 4. The number of nitrogens with zero attached hydrogens (tertiary/aromatic N) is 4. The number of pyridine rings is 1. The summed E-state index contributed by atoms with van der Waals surface area (Å²) in [5.74, 6) is 1.52. The topological polar surface area (TPSA) is 86.8 Å². The van der Waals surface area contributed by atoms with Gasteiger partial charge < -0.3 is 20.9 Å². The molecule has 0 radical (unpaired) electrons. The molecule has 3 N–H and O–H groups in total. The minimum Gasteiger partial charge on any atom is -0.366 e. The maximum Gasteiger partial charge on any atom is 0.248 e. The highest BCUT2D eigenvalue weighted by molar-refractivity contribution is 5.92. The molecule has 27 heavy (non-hydrogen) atoms. The minimum absolute atomic E-state index is 0.413. The van der Waals surface area contributed by atoms with E-state index in [1.807, 2.05) is 36.5 Å². The van der Waals surface area contributed by atoms with Crippen LogP contribution in [0.4, 0.5) is 5.82 Å². The first-order valence-corrected chi connectivity index (χ1v) is 9.25. The summed E-state index contributed by atoms with van der Waals surface area (Å²) in [6.07, 6.45) is 1.83. The van der Waals surface area contributed by atoms with Gasteiger partial charge >= 0.3 is 0 Å². The number of carbonyl (C=O) groups is 1. The predicted molar refractivity (Wildman–Crippen MR) is 108 cm³/mol. The Balaban J connectivity index is 1.61. The Hall–Kier alpha value is -3.09. The number of amides is 1. The van der Waals surface area contributed by atoms with Crippen molar-refractivity contribution in [2.24, 2.45) is 10.7 Å². The second-order valence-corrected chi connectivity index (χ2v) is 6.39. The zero-order chi connectivity index (χ0) is 19.1. The van der Waals surface area contributed by atoms with Crippen LogP contribution in [0, 0.1) is 0 Å². The molecule has 0 saturated carbocycles. The summed E-state index contributed by atoms with van der Waals surface area (Å²) in [4.78, 5) is 24.9. The Morgan fingerprint density at radius 1 is 1.15 bits per heavy atom. The average molecular weight is 366 g/mol. The van der Waals surface area contributed by atoms with Gasteiger partial charge in [0.2, 0.25) is 5.91 Å². The SMILES string of the molecule is CCNC(=NCc1ccc(C(N)=O)cc1)N1CCN(c2ccccn2)CC1. The summed E-state index contributed by atoms with van der Waals surface area (Å²) in [5, 5.41) is 3.37. The third-order valence-electron chi connectivity index (χ3n) is 4.54. The maximum absolute atomic E-state index is 11.2. The van der Waals surface area contributed by atoms with Crippen LogP contribution in [0.15, 0.2) is 53.7 Å². The number of nitrogens with one attached hydrogen (secondary N) is 1. The molecule has 2 aromatic rings. The number of hydrogen-bond donors (Lipinski definition) is 2. The number of aliphatic imine (C=N–C) groups is 1. The van der Waals surface area contributed by atoms with Gasteiger partial charge in [-0.05, 0) is 36.8 Å². The first-order valence-electron chi connectivity index (χ1n) is 9.25. The van der Waals surface area contributed by atoms with Crippen LogP contribution >= 0.6 is 0 Å². The molecule has 0 aliphatic carbocycles. The van der Waals surface area contributed by atoms with Crippen LogP contribution in [0.3, 0.4) is 0 Å². The van der Waals surface area contributed by atoms with Gasteiger partial charge in [-0.25, -0.2) is 9.98 Å². The zero-order valence-electron chi connectivity index (χ0n) is 15.6. The number of nitrogens with two attached hydrogens (primary N) is 1. The number of aromatic nitrogens is 1. The molecule has 1 aromatic heterocycles. The van der Waals surface area contributed by atoms with Gasteiger partial charge in [0.05, 0.1) is 6.54 Å². The normalized spacial score (nSPS) is 14.9. The van der Waals surface area contributed by atoms with Gasteiger partial charge in [0.15, 0.2) is 5.96 Å². The summed E-state index contributed by atoms with van der Waals surface area (Å²) in [5.41, 5.74) is 6.84. The van der Waals surface area contributed by atoms with Crippen LogP contribution < -0.4 is 16.0 Å². The van der Waals surface area contributed by atoms with Gasteiger partial charge in [0.25, 0.3) is 0 Å². The van der Waals surface area contributed by atoms with Crippen molar-refractivity contribution in [1.29, 1.82) is 0 Å². The number of carbonyl (C=O) groups excluding carboxylic acids is 1. The number of anilines is 1. The minimum atomic E-state index is -0.413. The van der Waals surface area contributed by atoms with E-state index >= 15 is 0 Å². The van der Waals surface area contributed by atoms with E-state index in [4.69, 9.17) is 10.7 Å². The summed E-state index contributed by atoms with van der Waals surface area (Å²) < 4.78 is 0. The first-order chi connectivity index (χ1) is 13.2. The van der Waals surface area contributed by atoms with E-state index in [0.29, 0.717) is 12.1 Å². The highest BCUT2D eigenvalue weighted by atomic mass is 16.1. The molecule has 1 aliphatic heterocycles. The molecular weight excluding hydrogens is 340 g/mol. The van der Waals surface area contributed by atoms with E-state index in [1.54, 1.807) is 12.1 Å². The molecule has 1 saturated heterocycles. The molecule has 2 heterocycles. The van der Waals surface area contributed by atoms with Crippen molar-refractivity contribution in [3.05, 3.63) is 59.8 Å². The molecule has 7 heteroatoms. The fraction of sp³-hybridized carbons (Fsp3) is 0.350. The molecule has 1 aromatic carbocycles. The fourth-order valence-corrected chi connectivity index (χ4v) is 3.05. The van der Waals surface area contributed by atoms with Crippen LogP contribution in [0.5, 0.6) is 0 Å². The van der Waals surface area contributed by atoms with Crippen LogP contribution in [0.25, 0.3) is 0 Å². The molecule has 0 spiro atoms. The average Bonchev–Trinajstić information content (AvgIpc) is 2.72. The Kier molecular flexibility index (Phi) is 6.25. The molecule has 1 fully saturated rings. The van der Waals surface area contributed by atoms with Crippen molar-refractivity contribution >= 4 is 17.7 Å². The van der Waals surface area contributed by atoms with Gasteiger partial charge in [-0.2, -0.15) is 0 Å². The summed E-state index contributed by atoms with van der Waals surface area (Å²) in [6, 6.07) is 13.3. The smallest absolute Gasteiger partial charge is 0.248 e. The van der Waals surface area contributed by atoms with Crippen LogP contribution in [-0.4, -0.2) is 54.5 Å². The van der Waals surface area contributed by atoms with Crippen molar-refractivity contribution in [3.8, 4) is 0 Å². The number of piperazine rings is 1. The highest BCUT2D eigenvalue weighted by Gasteiger charge is 2.20. The largest absolute Gasteiger partial charge is 0.366 e. The number of rotatable bonds is 5. The monoisotopic (exact) mass is 366 g/mol. The lowest BCUT2D eigenvalue weighted by Crippen LogP contribution is -2.52. The van der Waals surface area contributed by atoms with Crippen molar-refractivity contribution in [3.63, 3.8) is 0 Å². The predicted octanol–water partition coefficient (Wildman–Crippen LogP) is 1.47. The van der Waals surface area contributed by atoms with Crippen molar-refractivity contribution in [2.75, 3.05) is 37.6 Å².